The van der Waals surface area contributed by atoms with Crippen LogP contribution in [0.25, 0.3) is 0 Å². The zero-order chi connectivity index (χ0) is 25.4. The molecule has 3 aromatic rings. The second kappa shape index (κ2) is 8.58. The molecule has 2 saturated carbocycles. The number of halogens is 1. The van der Waals surface area contributed by atoms with Gasteiger partial charge in [0.05, 0.1) is 16.9 Å². The fourth-order valence-corrected chi connectivity index (χ4v) is 10.2. The van der Waals surface area contributed by atoms with Crippen LogP contribution in [0.15, 0.2) is 64.4 Å². The number of H-pyrrole nitrogens is 1. The maximum absolute atomic E-state index is 13.6. The number of fused-ring (bicyclic) bond motifs is 9. The van der Waals surface area contributed by atoms with E-state index in [0.29, 0.717) is 10.7 Å². The second-order valence-electron chi connectivity index (χ2n) is 10.2. The van der Waals surface area contributed by atoms with Gasteiger partial charge in [-0.15, -0.1) is 11.8 Å². The van der Waals surface area contributed by atoms with Gasteiger partial charge in [0.2, 0.25) is 17.7 Å². The topological polar surface area (TPSA) is 99.3 Å². The van der Waals surface area contributed by atoms with Crippen LogP contribution in [0.1, 0.15) is 22.8 Å². The first-order valence-electron chi connectivity index (χ1n) is 12.3. The van der Waals surface area contributed by atoms with Gasteiger partial charge < -0.3 is 10.3 Å². The number of aromatic nitrogens is 1. The smallest absolute Gasteiger partial charge is 0.305 e. The molecule has 1 saturated heterocycles. The molecule has 188 valence electrons. The van der Waals surface area contributed by atoms with Gasteiger partial charge in [-0.05, 0) is 54.0 Å². The minimum absolute atomic E-state index is 0.00695. The number of rotatable bonds is 4. The first-order valence-corrected chi connectivity index (χ1v) is 14.3. The van der Waals surface area contributed by atoms with E-state index in [9.17, 15) is 19.2 Å². The van der Waals surface area contributed by atoms with Crippen molar-refractivity contribution in [2.45, 2.75) is 22.6 Å². The summed E-state index contributed by atoms with van der Waals surface area (Å²) < 4.78 is 0. The third-order valence-corrected chi connectivity index (χ3v) is 11.2. The summed E-state index contributed by atoms with van der Waals surface area (Å²) in [5.41, 5.74) is 1.69. The summed E-state index contributed by atoms with van der Waals surface area (Å²) in [5, 5.41) is 4.33. The molecule has 2 aliphatic heterocycles. The molecule has 6 unspecified atom stereocenters. The molecule has 2 aromatic carbocycles. The van der Waals surface area contributed by atoms with Crippen molar-refractivity contribution in [2.24, 2.45) is 29.6 Å². The van der Waals surface area contributed by atoms with Gasteiger partial charge in [0.1, 0.15) is 6.54 Å². The second-order valence-corrected chi connectivity index (χ2v) is 12.8. The van der Waals surface area contributed by atoms with Crippen LogP contribution in [-0.4, -0.2) is 39.4 Å². The van der Waals surface area contributed by atoms with Crippen molar-refractivity contribution in [3.05, 3.63) is 79.7 Å². The number of thioether (sulfide) groups is 1. The van der Waals surface area contributed by atoms with Crippen LogP contribution in [0.2, 0.25) is 5.02 Å². The van der Waals surface area contributed by atoms with Gasteiger partial charge in [-0.2, -0.15) is 0 Å². The Morgan fingerprint density at radius 1 is 1.00 bits per heavy atom. The van der Waals surface area contributed by atoms with Crippen LogP contribution in [0, 0.1) is 29.6 Å². The number of thiazole rings is 1. The van der Waals surface area contributed by atoms with Gasteiger partial charge in [-0.25, -0.2) is 0 Å². The molecule has 7 nitrogen and oxygen atoms in total. The van der Waals surface area contributed by atoms with Crippen molar-refractivity contribution < 1.29 is 14.4 Å². The van der Waals surface area contributed by atoms with E-state index in [4.69, 9.17) is 11.6 Å². The van der Waals surface area contributed by atoms with Crippen molar-refractivity contribution in [1.82, 2.24) is 9.88 Å². The van der Waals surface area contributed by atoms with Crippen molar-refractivity contribution in [2.75, 3.05) is 11.9 Å². The third kappa shape index (κ3) is 3.55. The minimum Gasteiger partial charge on any atom is -0.325 e. The summed E-state index contributed by atoms with van der Waals surface area (Å²) in [6, 6.07) is 16.8. The lowest BCUT2D eigenvalue weighted by molar-refractivity contribution is -0.143. The van der Waals surface area contributed by atoms with E-state index in [1.165, 1.54) is 11.3 Å². The summed E-state index contributed by atoms with van der Waals surface area (Å²) in [4.78, 5) is 57.4. The SMILES string of the molecule is O=C(CN1C(=O)C2C3CC(C2C1=O)C1C3Sc2[nH]c(=O)sc2[C@@H]1c1ccccc1)Nc1ccc(Cl)cc1. The van der Waals surface area contributed by atoms with Crippen LogP contribution in [-0.2, 0) is 14.4 Å². The van der Waals surface area contributed by atoms with Crippen LogP contribution < -0.4 is 10.2 Å². The molecule has 0 radical (unpaired) electrons. The number of carbonyl (C=O) groups excluding carboxylic acids is 3. The lowest BCUT2D eigenvalue weighted by atomic mass is 9.68. The Morgan fingerprint density at radius 3 is 2.43 bits per heavy atom. The van der Waals surface area contributed by atoms with Gasteiger partial charge in [0.25, 0.3) is 0 Å². The first-order chi connectivity index (χ1) is 17.9. The standard InChI is InChI=1S/C27H22ClN3O4S2/c28-13-6-8-14(9-7-13)29-17(32)11-31-25(33)20-15-10-16(21(20)26(31)34)22-19(15)18(12-4-2-1-3-5-12)23-24(36-22)30-27(35)37-23/h1-9,15-16,18-22H,10-11H2,(H,29,32)(H,30,35)/t15?,16?,18-,19?,20?,21?,22?/m1/s1. The van der Waals surface area contributed by atoms with Gasteiger partial charge in [0.15, 0.2) is 0 Å². The third-order valence-electron chi connectivity index (χ3n) is 8.40. The number of amides is 3. The van der Waals surface area contributed by atoms with Gasteiger partial charge in [-0.3, -0.25) is 24.1 Å². The molecule has 2 bridgehead atoms. The quantitative estimate of drug-likeness (QED) is 0.473. The molecule has 2 aliphatic carbocycles. The number of carbonyl (C=O) groups is 3. The van der Waals surface area contributed by atoms with E-state index < -0.39 is 17.7 Å². The van der Waals surface area contributed by atoms with E-state index in [1.54, 1.807) is 36.0 Å². The number of likely N-dealkylation sites (tertiary alicyclic amines) is 1. The number of hydrogen-bond donors (Lipinski definition) is 2. The zero-order valence-electron chi connectivity index (χ0n) is 19.4. The number of imide groups is 1. The number of nitrogens with one attached hydrogen (secondary N) is 2. The Hall–Kier alpha value is -2.88. The number of nitrogens with zero attached hydrogens (tertiary/aromatic N) is 1. The lowest BCUT2D eigenvalue weighted by Crippen LogP contribution is -2.42. The molecule has 10 heteroatoms. The average Bonchev–Trinajstić information content (AvgIpc) is 3.62. The van der Waals surface area contributed by atoms with Gasteiger partial charge in [-0.1, -0.05) is 53.3 Å². The highest BCUT2D eigenvalue weighted by molar-refractivity contribution is 8.00. The maximum Gasteiger partial charge on any atom is 0.305 e. The lowest BCUT2D eigenvalue weighted by Gasteiger charge is -2.43. The highest BCUT2D eigenvalue weighted by Gasteiger charge is 2.69. The molecular formula is C27H22ClN3O4S2. The van der Waals surface area contributed by atoms with E-state index >= 15 is 0 Å². The fraction of sp³-hybridized carbons (Fsp3) is 0.333. The molecule has 7 rings (SSSR count). The summed E-state index contributed by atoms with van der Waals surface area (Å²) in [6.45, 7) is -0.294. The fourth-order valence-electron chi connectivity index (χ4n) is 7.15. The van der Waals surface area contributed by atoms with E-state index in [-0.39, 0.29) is 52.2 Å². The molecule has 1 aromatic heterocycles. The summed E-state index contributed by atoms with van der Waals surface area (Å²) >= 11 is 8.83. The van der Waals surface area contributed by atoms with Crippen LogP contribution >= 0.6 is 34.7 Å². The van der Waals surface area contributed by atoms with E-state index in [2.05, 4.69) is 22.4 Å². The van der Waals surface area contributed by atoms with Crippen molar-refractivity contribution >= 4 is 58.1 Å². The van der Waals surface area contributed by atoms with Crippen molar-refractivity contribution in [1.29, 1.82) is 0 Å². The van der Waals surface area contributed by atoms with Crippen LogP contribution in [0.5, 0.6) is 0 Å². The first kappa shape index (κ1) is 23.3. The highest BCUT2D eigenvalue weighted by atomic mass is 35.5. The number of benzene rings is 2. The Labute approximate surface area is 225 Å². The highest BCUT2D eigenvalue weighted by Crippen LogP contribution is 2.68. The average molecular weight is 552 g/mol. The Bertz CT molecular complexity index is 1490. The molecule has 3 heterocycles. The molecule has 3 fully saturated rings. The van der Waals surface area contributed by atoms with Crippen molar-refractivity contribution in [3.8, 4) is 0 Å². The monoisotopic (exact) mass is 551 g/mol. The van der Waals surface area contributed by atoms with Crippen LogP contribution in [0.3, 0.4) is 0 Å². The largest absolute Gasteiger partial charge is 0.325 e. The van der Waals surface area contributed by atoms with E-state index in [0.717, 1.165) is 26.8 Å². The number of aromatic amines is 1. The predicted molar refractivity (Wildman–Crippen MR) is 142 cm³/mol. The molecule has 7 atom stereocenters. The molecule has 37 heavy (non-hydrogen) atoms. The molecular weight excluding hydrogens is 530 g/mol. The predicted octanol–water partition coefficient (Wildman–Crippen LogP) is 4.20. The maximum atomic E-state index is 13.6. The number of hydrogen-bond acceptors (Lipinski definition) is 6. The number of anilines is 1. The van der Waals surface area contributed by atoms with Gasteiger partial charge >= 0.3 is 4.87 Å². The van der Waals surface area contributed by atoms with Crippen LogP contribution in [0.4, 0.5) is 5.69 Å². The molecule has 4 aliphatic rings. The van der Waals surface area contributed by atoms with Crippen molar-refractivity contribution in [3.63, 3.8) is 0 Å². The minimum atomic E-state index is -0.412. The summed E-state index contributed by atoms with van der Waals surface area (Å²) in [6.07, 6.45) is 0.822. The zero-order valence-corrected chi connectivity index (χ0v) is 21.8. The normalized spacial score (nSPS) is 31.3. The summed E-state index contributed by atoms with van der Waals surface area (Å²) in [5.74, 6) is -1.48. The molecule has 2 N–H and O–H groups in total. The molecule has 3 amide bonds. The molecule has 0 spiro atoms. The Kier molecular flexibility index (Phi) is 5.39. The Morgan fingerprint density at radius 2 is 1.70 bits per heavy atom. The Balaban J connectivity index is 1.18. The summed E-state index contributed by atoms with van der Waals surface area (Å²) in [7, 11) is 0. The van der Waals surface area contributed by atoms with E-state index in [1.807, 2.05) is 18.2 Å². The van der Waals surface area contributed by atoms with Gasteiger partial charge in [0, 0.05) is 26.8 Å².